The maximum atomic E-state index is 11.7. The van der Waals surface area contributed by atoms with Gasteiger partial charge >= 0.3 is 8.25 Å². The minimum absolute atomic E-state index is 0.546. The molecule has 0 atom stereocenters. The molecule has 0 heterocycles. The second-order valence-electron chi connectivity index (χ2n) is 3.36. The fourth-order valence-corrected chi connectivity index (χ4v) is 2.64. The molecule has 0 amide bonds. The van der Waals surface area contributed by atoms with Gasteiger partial charge in [0.2, 0.25) is 0 Å². The van der Waals surface area contributed by atoms with Crippen molar-refractivity contribution in [1.82, 2.24) is 0 Å². The zero-order chi connectivity index (χ0) is 13.0. The Morgan fingerprint density at radius 1 is 0.722 bits per heavy atom. The van der Waals surface area contributed by atoms with Crippen molar-refractivity contribution >= 4 is 53.4 Å². The molecule has 0 unspecified atom stereocenters. The fourth-order valence-electron chi connectivity index (χ4n) is 1.22. The van der Waals surface area contributed by atoms with E-state index in [0.717, 1.165) is 7.14 Å². The first-order valence-electron chi connectivity index (χ1n) is 5.04. The van der Waals surface area contributed by atoms with Crippen molar-refractivity contribution in [2.75, 3.05) is 0 Å². The van der Waals surface area contributed by atoms with Crippen LogP contribution in [0, 0.1) is 7.14 Å². The summed E-state index contributed by atoms with van der Waals surface area (Å²) in [5, 5.41) is 0. The van der Waals surface area contributed by atoms with E-state index in [1.165, 1.54) is 0 Å². The minimum Gasteiger partial charge on any atom is -0.418 e. The molecular weight excluding hydrogens is 477 g/mol. The molecule has 3 nitrogen and oxygen atoms in total. The summed E-state index contributed by atoms with van der Waals surface area (Å²) in [5.41, 5.74) is 0. The van der Waals surface area contributed by atoms with E-state index in [0.29, 0.717) is 11.5 Å². The number of rotatable bonds is 4. The maximum Gasteiger partial charge on any atom is 0.418 e. The highest BCUT2D eigenvalue weighted by atomic mass is 127. The smallest absolute Gasteiger partial charge is 0.418 e. The van der Waals surface area contributed by atoms with Gasteiger partial charge in [0.1, 0.15) is 11.5 Å². The highest BCUT2D eigenvalue weighted by molar-refractivity contribution is 14.1. The van der Waals surface area contributed by atoms with Gasteiger partial charge in [-0.1, -0.05) is 0 Å². The topological polar surface area (TPSA) is 35.5 Å². The first-order valence-corrected chi connectivity index (χ1v) is 8.42. The van der Waals surface area contributed by atoms with E-state index in [9.17, 15) is 4.57 Å². The Kier molecular flexibility index (Phi) is 5.32. The molecule has 94 valence electrons. The van der Waals surface area contributed by atoms with Gasteiger partial charge < -0.3 is 9.05 Å². The summed E-state index contributed by atoms with van der Waals surface area (Å²) in [6, 6.07) is 14.6. The van der Waals surface area contributed by atoms with E-state index >= 15 is 0 Å². The highest BCUT2D eigenvalue weighted by Crippen LogP contribution is 2.30. The summed E-state index contributed by atoms with van der Waals surface area (Å²) in [6.07, 6.45) is 0. The predicted octanol–water partition coefficient (Wildman–Crippen LogP) is 4.74. The molecule has 0 aliphatic carbocycles. The van der Waals surface area contributed by atoms with Gasteiger partial charge in [-0.3, -0.25) is 0 Å². The molecule has 0 aromatic heterocycles. The molecule has 2 rings (SSSR count). The van der Waals surface area contributed by atoms with Gasteiger partial charge in [-0.05, 0) is 93.7 Å². The largest absolute Gasteiger partial charge is 0.418 e. The van der Waals surface area contributed by atoms with E-state index in [4.69, 9.17) is 9.05 Å². The Morgan fingerprint density at radius 2 is 1.06 bits per heavy atom. The first-order chi connectivity index (χ1) is 8.63. The molecule has 0 aliphatic rings. The Balaban J connectivity index is 1.96. The second kappa shape index (κ2) is 6.77. The molecule has 2 aromatic rings. The summed E-state index contributed by atoms with van der Waals surface area (Å²) < 4.78 is 24.3. The minimum atomic E-state index is -2.57. The molecule has 0 fully saturated rings. The van der Waals surface area contributed by atoms with Crippen LogP contribution in [0.2, 0.25) is 0 Å². The molecular formula is C12H9I2O3P. The molecule has 0 saturated heterocycles. The molecule has 0 spiro atoms. The van der Waals surface area contributed by atoms with Crippen LogP contribution in [0.5, 0.6) is 11.5 Å². The molecule has 0 saturated carbocycles. The SMILES string of the molecule is O=[PH](Oc1ccc(I)cc1)Oc1ccc(I)cc1. The summed E-state index contributed by atoms with van der Waals surface area (Å²) in [7, 11) is -2.57. The normalized spacial score (nSPS) is 10.4. The van der Waals surface area contributed by atoms with Crippen molar-refractivity contribution in [1.29, 1.82) is 0 Å². The summed E-state index contributed by atoms with van der Waals surface area (Å²) in [4.78, 5) is 0. The van der Waals surface area contributed by atoms with Gasteiger partial charge in [-0.15, -0.1) is 0 Å². The van der Waals surface area contributed by atoms with Crippen LogP contribution in [-0.4, -0.2) is 0 Å². The van der Waals surface area contributed by atoms with Crippen LogP contribution in [0.1, 0.15) is 0 Å². The van der Waals surface area contributed by atoms with Crippen LogP contribution in [-0.2, 0) is 4.57 Å². The predicted molar refractivity (Wildman–Crippen MR) is 88.6 cm³/mol. The van der Waals surface area contributed by atoms with E-state index in [1.807, 2.05) is 24.3 Å². The Hall–Kier alpha value is -0.270. The molecule has 0 N–H and O–H groups in total. The van der Waals surface area contributed by atoms with Gasteiger partial charge in [0.05, 0.1) is 0 Å². The van der Waals surface area contributed by atoms with Crippen LogP contribution in [0.4, 0.5) is 0 Å². The first kappa shape index (κ1) is 14.1. The number of hydrogen-bond donors (Lipinski definition) is 0. The number of hydrogen-bond acceptors (Lipinski definition) is 3. The standard InChI is InChI=1S/C12H9I2O3P/c13-9-1-5-11(6-2-9)16-18(15)17-12-7-3-10(14)4-8-12/h1-8,18H. The van der Waals surface area contributed by atoms with Crippen molar-refractivity contribution in [2.24, 2.45) is 0 Å². The third-order valence-corrected chi connectivity index (χ3v) is 4.27. The zero-order valence-corrected chi connectivity index (χ0v) is 14.4. The molecule has 0 radical (unpaired) electrons. The van der Waals surface area contributed by atoms with Crippen molar-refractivity contribution in [3.8, 4) is 11.5 Å². The molecule has 2 aromatic carbocycles. The Morgan fingerprint density at radius 3 is 1.39 bits per heavy atom. The van der Waals surface area contributed by atoms with E-state index in [1.54, 1.807) is 24.3 Å². The van der Waals surface area contributed by atoms with Crippen LogP contribution < -0.4 is 9.05 Å². The lowest BCUT2D eigenvalue weighted by Gasteiger charge is -2.08. The van der Waals surface area contributed by atoms with E-state index < -0.39 is 8.25 Å². The van der Waals surface area contributed by atoms with Gasteiger partial charge in [-0.2, -0.15) is 0 Å². The Labute approximate surface area is 133 Å². The maximum absolute atomic E-state index is 11.7. The second-order valence-corrected chi connectivity index (χ2v) is 6.76. The van der Waals surface area contributed by atoms with Crippen LogP contribution in [0.3, 0.4) is 0 Å². The lowest BCUT2D eigenvalue weighted by molar-refractivity contribution is 0.415. The summed E-state index contributed by atoms with van der Waals surface area (Å²) >= 11 is 4.39. The monoisotopic (exact) mass is 486 g/mol. The highest BCUT2D eigenvalue weighted by Gasteiger charge is 2.04. The molecule has 0 bridgehead atoms. The van der Waals surface area contributed by atoms with Crippen molar-refractivity contribution in [3.63, 3.8) is 0 Å². The fraction of sp³-hybridized carbons (Fsp3) is 0. The summed E-state index contributed by atoms with van der Waals surface area (Å²) in [5.74, 6) is 1.09. The quantitative estimate of drug-likeness (QED) is 0.463. The lowest BCUT2D eigenvalue weighted by atomic mass is 10.3. The number of halogens is 2. The van der Waals surface area contributed by atoms with Crippen LogP contribution >= 0.6 is 53.4 Å². The van der Waals surface area contributed by atoms with E-state index in [2.05, 4.69) is 45.2 Å². The van der Waals surface area contributed by atoms with Gasteiger partial charge in [-0.25, -0.2) is 4.57 Å². The van der Waals surface area contributed by atoms with Crippen molar-refractivity contribution < 1.29 is 13.6 Å². The third kappa shape index (κ3) is 4.44. The van der Waals surface area contributed by atoms with Crippen molar-refractivity contribution in [3.05, 3.63) is 55.7 Å². The average Bonchev–Trinajstić information content (AvgIpc) is 2.35. The van der Waals surface area contributed by atoms with E-state index in [-0.39, 0.29) is 0 Å². The van der Waals surface area contributed by atoms with Crippen LogP contribution in [0.25, 0.3) is 0 Å². The molecule has 18 heavy (non-hydrogen) atoms. The molecule has 6 heteroatoms. The Bertz CT molecular complexity index is 491. The number of benzene rings is 2. The lowest BCUT2D eigenvalue weighted by Crippen LogP contribution is -1.88. The van der Waals surface area contributed by atoms with Gasteiger partial charge in [0, 0.05) is 7.14 Å². The summed E-state index contributed by atoms with van der Waals surface area (Å²) in [6.45, 7) is 0. The third-order valence-electron chi connectivity index (χ3n) is 2.03. The van der Waals surface area contributed by atoms with Crippen molar-refractivity contribution in [2.45, 2.75) is 0 Å². The van der Waals surface area contributed by atoms with Gasteiger partial charge in [0.15, 0.2) is 0 Å². The molecule has 0 aliphatic heterocycles. The zero-order valence-electron chi connectivity index (χ0n) is 9.10. The van der Waals surface area contributed by atoms with Gasteiger partial charge in [0.25, 0.3) is 0 Å². The van der Waals surface area contributed by atoms with Crippen LogP contribution in [0.15, 0.2) is 48.5 Å². The average molecular weight is 486 g/mol.